The Morgan fingerprint density at radius 2 is 0.568 bits per heavy atom. The Morgan fingerprint density at radius 3 is 0.841 bits per heavy atom. The van der Waals surface area contributed by atoms with E-state index in [0.717, 1.165) is 45.6 Å². The average Bonchev–Trinajstić information content (AvgIpc) is 3.10. The molecule has 0 spiro atoms. The maximum Gasteiger partial charge on any atom is 0.119 e. The number of anilines is 6. The number of benzene rings is 6. The number of para-hydroxylation sites is 4. The summed E-state index contributed by atoms with van der Waals surface area (Å²) in [4.78, 5) is 4.46. The van der Waals surface area contributed by atoms with Gasteiger partial charge in [0.25, 0.3) is 0 Å². The van der Waals surface area contributed by atoms with Crippen LogP contribution in [0.1, 0.15) is 0 Å². The van der Waals surface area contributed by atoms with E-state index in [1.165, 1.54) is 0 Å². The van der Waals surface area contributed by atoms with Crippen LogP contribution >= 0.6 is 0 Å². The normalized spacial score (nSPS) is 10.8. The van der Waals surface area contributed by atoms with Crippen LogP contribution in [-0.4, -0.2) is 13.2 Å². The fraction of sp³-hybridized carbons (Fsp3) is 0.0500. The van der Waals surface area contributed by atoms with Crippen molar-refractivity contribution in [2.45, 2.75) is 0 Å². The Kier molecular flexibility index (Phi) is 9.31. The zero-order valence-electron chi connectivity index (χ0n) is 24.4. The summed E-state index contributed by atoms with van der Waals surface area (Å²) >= 11 is 0. The van der Waals surface area contributed by atoms with E-state index in [1.807, 2.05) is 60.7 Å². The first-order chi connectivity index (χ1) is 21.8. The molecule has 0 unspecified atom stereocenters. The lowest BCUT2D eigenvalue weighted by Gasteiger charge is -2.25. The summed E-state index contributed by atoms with van der Waals surface area (Å²) < 4.78 is 11.9. The molecule has 0 bridgehead atoms. The number of nitrogens with zero attached hydrogens (tertiary/aromatic N) is 2. The van der Waals surface area contributed by atoms with Crippen LogP contribution in [0.5, 0.6) is 11.5 Å². The third kappa shape index (κ3) is 7.18. The molecule has 0 aliphatic carbocycles. The lowest BCUT2D eigenvalue weighted by Crippen LogP contribution is -2.09. The van der Waals surface area contributed by atoms with E-state index < -0.39 is 0 Å². The van der Waals surface area contributed by atoms with Gasteiger partial charge in [-0.3, -0.25) is 0 Å². The molecule has 6 aromatic rings. The summed E-state index contributed by atoms with van der Waals surface area (Å²) in [7, 11) is 0. The van der Waals surface area contributed by atoms with E-state index in [0.29, 0.717) is 13.2 Å². The molecular weight excluding hydrogens is 540 g/mol. The molecule has 0 saturated heterocycles. The van der Waals surface area contributed by atoms with Crippen molar-refractivity contribution >= 4 is 34.1 Å². The molecule has 44 heavy (non-hydrogen) atoms. The molecule has 216 valence electrons. The molecule has 0 saturated carbocycles. The molecule has 6 aromatic carbocycles. The van der Waals surface area contributed by atoms with Gasteiger partial charge in [0, 0.05) is 34.1 Å². The molecule has 0 amide bonds. The predicted octanol–water partition coefficient (Wildman–Crippen LogP) is 10.6. The second-order valence-corrected chi connectivity index (χ2v) is 10.1. The predicted molar refractivity (Wildman–Crippen MR) is 182 cm³/mol. The maximum atomic E-state index is 5.96. The van der Waals surface area contributed by atoms with Crippen molar-refractivity contribution in [3.8, 4) is 11.5 Å². The van der Waals surface area contributed by atoms with E-state index in [4.69, 9.17) is 9.47 Å². The number of ether oxygens (including phenoxy) is 2. The highest BCUT2D eigenvalue weighted by Gasteiger charge is 2.13. The molecule has 4 nitrogen and oxygen atoms in total. The molecule has 0 N–H and O–H groups in total. The standard InChI is InChI=1S/C40H34N2O2/c1-5-15-33(16-6-1)41(34-17-7-2-8-18-34)37-23-27-39(28-24-37)43-31-13-14-32-44-40-29-25-38(26-30-40)42(35-19-9-3-10-20-35)36-21-11-4-12-22-36/h1-30H,31-32H2. The minimum Gasteiger partial charge on any atom is -0.490 e. The molecule has 0 atom stereocenters. The SMILES string of the molecule is C(=CCOc1ccc(N(c2ccccc2)c2ccccc2)cc1)COc1ccc(N(c2ccccc2)c2ccccc2)cc1. The Bertz CT molecular complexity index is 1510. The summed E-state index contributed by atoms with van der Waals surface area (Å²) in [5.41, 5.74) is 6.56. The second-order valence-electron chi connectivity index (χ2n) is 10.1. The lowest BCUT2D eigenvalue weighted by atomic mass is 10.2. The van der Waals surface area contributed by atoms with Crippen molar-refractivity contribution in [1.29, 1.82) is 0 Å². The summed E-state index contributed by atoms with van der Waals surface area (Å²) in [5, 5.41) is 0. The first kappa shape index (κ1) is 28.4. The third-order valence-corrected chi connectivity index (χ3v) is 7.11. The smallest absolute Gasteiger partial charge is 0.119 e. The summed E-state index contributed by atoms with van der Waals surface area (Å²) in [5.74, 6) is 1.63. The molecule has 0 radical (unpaired) electrons. The van der Waals surface area contributed by atoms with Crippen molar-refractivity contribution in [2.24, 2.45) is 0 Å². The highest BCUT2D eigenvalue weighted by Crippen LogP contribution is 2.36. The Balaban J connectivity index is 1.02. The fourth-order valence-electron chi connectivity index (χ4n) is 5.01. The second kappa shape index (κ2) is 14.4. The summed E-state index contributed by atoms with van der Waals surface area (Å²) in [6, 6.07) is 57.9. The zero-order chi connectivity index (χ0) is 29.8. The van der Waals surface area contributed by atoms with Crippen LogP contribution in [0, 0.1) is 0 Å². The van der Waals surface area contributed by atoms with Gasteiger partial charge in [0.15, 0.2) is 0 Å². The molecule has 4 heteroatoms. The molecule has 0 heterocycles. The van der Waals surface area contributed by atoms with Crippen LogP contribution in [0.15, 0.2) is 182 Å². The van der Waals surface area contributed by atoms with Crippen LogP contribution in [0.4, 0.5) is 34.1 Å². The topological polar surface area (TPSA) is 24.9 Å². The van der Waals surface area contributed by atoms with Crippen molar-refractivity contribution in [1.82, 2.24) is 0 Å². The minimum atomic E-state index is 0.464. The quantitative estimate of drug-likeness (QED) is 0.136. The first-order valence-electron chi connectivity index (χ1n) is 14.8. The largest absolute Gasteiger partial charge is 0.490 e. The Hall–Kier alpha value is -5.74. The van der Waals surface area contributed by atoms with Gasteiger partial charge in [0.2, 0.25) is 0 Å². The molecule has 6 rings (SSSR count). The van der Waals surface area contributed by atoms with E-state index in [9.17, 15) is 0 Å². The average molecular weight is 575 g/mol. The van der Waals surface area contributed by atoms with Gasteiger partial charge in [-0.2, -0.15) is 0 Å². The molecule has 0 aliphatic heterocycles. The molecule has 0 aromatic heterocycles. The van der Waals surface area contributed by atoms with Gasteiger partial charge in [-0.15, -0.1) is 0 Å². The van der Waals surface area contributed by atoms with Crippen molar-refractivity contribution in [3.05, 3.63) is 182 Å². The van der Waals surface area contributed by atoms with Gasteiger partial charge in [-0.05, 0) is 109 Å². The van der Waals surface area contributed by atoms with Gasteiger partial charge >= 0.3 is 0 Å². The van der Waals surface area contributed by atoms with Crippen LogP contribution in [0.2, 0.25) is 0 Å². The number of hydrogen-bond acceptors (Lipinski definition) is 4. The van der Waals surface area contributed by atoms with Gasteiger partial charge in [-0.1, -0.05) is 72.8 Å². The van der Waals surface area contributed by atoms with E-state index in [1.54, 1.807) is 0 Å². The zero-order valence-corrected chi connectivity index (χ0v) is 24.4. The Labute approximate surface area is 259 Å². The molecular formula is C40H34N2O2. The monoisotopic (exact) mass is 574 g/mol. The van der Waals surface area contributed by atoms with Crippen LogP contribution in [0.25, 0.3) is 0 Å². The van der Waals surface area contributed by atoms with E-state index in [2.05, 4.69) is 131 Å². The van der Waals surface area contributed by atoms with Crippen molar-refractivity contribution in [3.63, 3.8) is 0 Å². The van der Waals surface area contributed by atoms with Crippen molar-refractivity contribution < 1.29 is 9.47 Å². The van der Waals surface area contributed by atoms with Crippen molar-refractivity contribution in [2.75, 3.05) is 23.0 Å². The first-order valence-corrected chi connectivity index (χ1v) is 14.8. The van der Waals surface area contributed by atoms with Gasteiger partial charge in [-0.25, -0.2) is 0 Å². The number of rotatable bonds is 12. The van der Waals surface area contributed by atoms with Crippen LogP contribution < -0.4 is 19.3 Å². The maximum absolute atomic E-state index is 5.96. The highest BCUT2D eigenvalue weighted by molar-refractivity contribution is 5.77. The third-order valence-electron chi connectivity index (χ3n) is 7.11. The fourth-order valence-corrected chi connectivity index (χ4v) is 5.01. The number of hydrogen-bond donors (Lipinski definition) is 0. The summed E-state index contributed by atoms with van der Waals surface area (Å²) in [6.45, 7) is 0.928. The molecule has 0 aliphatic rings. The highest BCUT2D eigenvalue weighted by atomic mass is 16.5. The van der Waals surface area contributed by atoms with Gasteiger partial charge in [0.1, 0.15) is 24.7 Å². The summed E-state index contributed by atoms with van der Waals surface area (Å²) in [6.07, 6.45) is 3.96. The molecule has 0 fully saturated rings. The Morgan fingerprint density at radius 1 is 0.318 bits per heavy atom. The van der Waals surface area contributed by atoms with E-state index >= 15 is 0 Å². The van der Waals surface area contributed by atoms with E-state index in [-0.39, 0.29) is 0 Å². The van der Waals surface area contributed by atoms with Crippen LogP contribution in [0.3, 0.4) is 0 Å². The van der Waals surface area contributed by atoms with Gasteiger partial charge in [0.05, 0.1) is 0 Å². The van der Waals surface area contributed by atoms with Crippen LogP contribution in [-0.2, 0) is 0 Å². The van der Waals surface area contributed by atoms with Gasteiger partial charge < -0.3 is 19.3 Å². The minimum absolute atomic E-state index is 0.464. The lowest BCUT2D eigenvalue weighted by molar-refractivity contribution is 0.350.